The molecule has 0 saturated carbocycles. The molecule has 3 N–H and O–H groups in total. The number of carbonyl (C=O) groups is 1. The number of H-pyrrole nitrogens is 1. The minimum absolute atomic E-state index is 0.126. The lowest BCUT2D eigenvalue weighted by Gasteiger charge is -2.35. The van der Waals surface area contributed by atoms with E-state index in [4.69, 9.17) is 23.9 Å². The number of ether oxygens (including phenoxy) is 4. The van der Waals surface area contributed by atoms with E-state index in [1.165, 1.54) is 12.1 Å². The van der Waals surface area contributed by atoms with E-state index in [0.29, 0.717) is 53.3 Å². The summed E-state index contributed by atoms with van der Waals surface area (Å²) in [4.78, 5) is 29.7. The van der Waals surface area contributed by atoms with Gasteiger partial charge >= 0.3 is 0 Å². The molecule has 214 valence electrons. The summed E-state index contributed by atoms with van der Waals surface area (Å²) in [5.74, 6) is 0.899. The molecule has 4 aromatic rings. The van der Waals surface area contributed by atoms with Crippen molar-refractivity contribution in [3.63, 3.8) is 0 Å². The fourth-order valence-electron chi connectivity index (χ4n) is 4.27. The molecule has 1 aliphatic rings. The Labute approximate surface area is 236 Å². The van der Waals surface area contributed by atoms with Crippen molar-refractivity contribution in [3.8, 4) is 28.4 Å². The predicted octanol–water partition coefficient (Wildman–Crippen LogP) is 4.24. The molecule has 1 aliphatic heterocycles. The number of aromatic amines is 1. The number of amides is 1. The van der Waals surface area contributed by atoms with Crippen molar-refractivity contribution in [2.75, 3.05) is 45.9 Å². The minimum Gasteiger partial charge on any atom is -0.497 e. The van der Waals surface area contributed by atoms with Crippen molar-refractivity contribution in [1.29, 1.82) is 0 Å². The summed E-state index contributed by atoms with van der Waals surface area (Å²) < 4.78 is 36.0. The van der Waals surface area contributed by atoms with Crippen LogP contribution in [-0.2, 0) is 19.0 Å². The van der Waals surface area contributed by atoms with E-state index in [-0.39, 0.29) is 24.9 Å². The highest BCUT2D eigenvalue weighted by Gasteiger charge is 2.40. The lowest BCUT2D eigenvalue weighted by Crippen LogP contribution is -2.49. The second-order valence-corrected chi connectivity index (χ2v) is 9.74. The number of nitrogens with one attached hydrogen (secondary N) is 3. The smallest absolute Gasteiger partial charge is 0.230 e. The number of aromatic nitrogens is 4. The second kappa shape index (κ2) is 12.4. The van der Waals surface area contributed by atoms with Crippen LogP contribution in [0.3, 0.4) is 0 Å². The summed E-state index contributed by atoms with van der Waals surface area (Å²) in [7, 11) is 3.17. The number of methoxy groups -OCH3 is 2. The summed E-state index contributed by atoms with van der Waals surface area (Å²) in [6.07, 6.45) is 0.778. The predicted molar refractivity (Wildman–Crippen MR) is 149 cm³/mol. The minimum atomic E-state index is -0.868. The molecule has 0 spiro atoms. The van der Waals surface area contributed by atoms with Gasteiger partial charge in [0.25, 0.3) is 0 Å². The van der Waals surface area contributed by atoms with Crippen molar-refractivity contribution in [2.24, 2.45) is 5.41 Å². The Hall–Kier alpha value is -4.39. The van der Waals surface area contributed by atoms with Crippen LogP contribution in [0.5, 0.6) is 5.75 Å². The molecule has 0 unspecified atom stereocenters. The number of carbonyl (C=O) groups excluding carboxylic acids is 1. The number of halogens is 1. The van der Waals surface area contributed by atoms with E-state index in [2.05, 4.69) is 25.6 Å². The van der Waals surface area contributed by atoms with Gasteiger partial charge in [0.15, 0.2) is 5.82 Å². The molecule has 2 aromatic carbocycles. The Kier molecular flexibility index (Phi) is 8.53. The molecule has 0 atom stereocenters. The number of benzene rings is 2. The monoisotopic (exact) mass is 562 g/mol. The van der Waals surface area contributed by atoms with Crippen LogP contribution in [0.1, 0.15) is 19.0 Å². The Morgan fingerprint density at radius 2 is 1.90 bits per heavy atom. The molecule has 12 heteroatoms. The van der Waals surface area contributed by atoms with E-state index < -0.39 is 11.7 Å². The quantitative estimate of drug-likeness (QED) is 0.243. The van der Waals surface area contributed by atoms with Gasteiger partial charge in [-0.25, -0.2) is 19.3 Å². The summed E-state index contributed by atoms with van der Waals surface area (Å²) in [5, 5.41) is 6.02. The standard InChI is InChI=1S/C29H31FN6O5/c1-29(27(37)31-13-14-38-2)16-40-26(41-17-29)25-35-23(18-7-9-19(30)10-8-18)24(36-25)22-11-12-32-28(34-22)33-20-5-4-6-21(15-20)39-3/h4-12,15,26H,13-14,16-17H2,1-3H3,(H,31,37)(H,35,36)(H,32,33,34). The number of rotatable bonds is 10. The van der Waals surface area contributed by atoms with Crippen molar-refractivity contribution in [1.82, 2.24) is 25.3 Å². The van der Waals surface area contributed by atoms with Gasteiger partial charge < -0.3 is 34.6 Å². The Bertz CT molecular complexity index is 1490. The highest BCUT2D eigenvalue weighted by molar-refractivity contribution is 5.82. The Morgan fingerprint density at radius 1 is 1.12 bits per heavy atom. The molecule has 2 aromatic heterocycles. The van der Waals surface area contributed by atoms with Gasteiger partial charge in [-0.15, -0.1) is 0 Å². The fraction of sp³-hybridized carbons (Fsp3) is 0.310. The van der Waals surface area contributed by atoms with Crippen LogP contribution >= 0.6 is 0 Å². The molecule has 3 heterocycles. The molecule has 1 fully saturated rings. The average Bonchev–Trinajstić information content (AvgIpc) is 3.44. The van der Waals surface area contributed by atoms with Crippen LogP contribution in [0, 0.1) is 11.2 Å². The molecular weight excluding hydrogens is 531 g/mol. The third-order valence-electron chi connectivity index (χ3n) is 6.55. The molecule has 1 amide bonds. The first-order valence-corrected chi connectivity index (χ1v) is 13.0. The first kappa shape index (κ1) is 28.1. The molecular formula is C29H31FN6O5. The van der Waals surface area contributed by atoms with Gasteiger partial charge in [0.2, 0.25) is 18.1 Å². The van der Waals surface area contributed by atoms with E-state index >= 15 is 0 Å². The lowest BCUT2D eigenvalue weighted by molar-refractivity contribution is -0.231. The maximum absolute atomic E-state index is 13.7. The topological polar surface area (TPSA) is 133 Å². The number of hydrogen-bond acceptors (Lipinski definition) is 9. The van der Waals surface area contributed by atoms with Gasteiger partial charge in [-0.3, -0.25) is 4.79 Å². The summed E-state index contributed by atoms with van der Waals surface area (Å²) in [5.41, 5.74) is 2.20. The molecule has 11 nitrogen and oxygen atoms in total. The maximum Gasteiger partial charge on any atom is 0.230 e. The van der Waals surface area contributed by atoms with Crippen LogP contribution in [0.2, 0.25) is 0 Å². The van der Waals surface area contributed by atoms with Crippen molar-refractivity contribution in [2.45, 2.75) is 13.2 Å². The summed E-state index contributed by atoms with van der Waals surface area (Å²) >= 11 is 0. The van der Waals surface area contributed by atoms with E-state index in [9.17, 15) is 9.18 Å². The fourth-order valence-corrected chi connectivity index (χ4v) is 4.27. The lowest BCUT2D eigenvalue weighted by atomic mass is 9.91. The molecule has 41 heavy (non-hydrogen) atoms. The molecule has 0 aliphatic carbocycles. The van der Waals surface area contributed by atoms with Crippen molar-refractivity contribution in [3.05, 3.63) is 72.4 Å². The first-order chi connectivity index (χ1) is 19.9. The first-order valence-electron chi connectivity index (χ1n) is 13.0. The summed E-state index contributed by atoms with van der Waals surface area (Å²) in [6, 6.07) is 15.2. The third kappa shape index (κ3) is 6.51. The van der Waals surface area contributed by atoms with Crippen molar-refractivity contribution >= 4 is 17.5 Å². The Morgan fingerprint density at radius 3 is 2.63 bits per heavy atom. The molecule has 0 radical (unpaired) electrons. The van der Waals surface area contributed by atoms with Gasteiger partial charge in [0.1, 0.15) is 11.6 Å². The molecule has 0 bridgehead atoms. The van der Waals surface area contributed by atoms with Crippen LogP contribution in [-0.4, -0.2) is 66.4 Å². The highest BCUT2D eigenvalue weighted by Crippen LogP contribution is 2.35. The van der Waals surface area contributed by atoms with Gasteiger partial charge in [-0.05, 0) is 49.4 Å². The van der Waals surface area contributed by atoms with Crippen LogP contribution in [0.4, 0.5) is 16.0 Å². The number of hydrogen-bond donors (Lipinski definition) is 3. The summed E-state index contributed by atoms with van der Waals surface area (Å²) in [6.45, 7) is 2.83. The zero-order valence-corrected chi connectivity index (χ0v) is 22.9. The number of imidazole rings is 1. The normalized spacial score (nSPS) is 18.6. The third-order valence-corrected chi connectivity index (χ3v) is 6.55. The van der Waals surface area contributed by atoms with Gasteiger partial charge in [0.05, 0.1) is 49.4 Å². The number of nitrogens with zero attached hydrogens (tertiary/aromatic N) is 3. The zero-order chi connectivity index (χ0) is 28.8. The van der Waals surface area contributed by atoms with Crippen molar-refractivity contribution < 1.29 is 28.1 Å². The Balaban J connectivity index is 1.41. The maximum atomic E-state index is 13.7. The van der Waals surface area contributed by atoms with E-state index in [1.807, 2.05) is 24.3 Å². The zero-order valence-electron chi connectivity index (χ0n) is 22.9. The average molecular weight is 563 g/mol. The second-order valence-electron chi connectivity index (χ2n) is 9.74. The van der Waals surface area contributed by atoms with Gasteiger partial charge in [-0.1, -0.05) is 6.07 Å². The number of anilines is 2. The van der Waals surface area contributed by atoms with E-state index in [0.717, 1.165) is 5.69 Å². The van der Waals surface area contributed by atoms with Crippen LogP contribution in [0.15, 0.2) is 60.8 Å². The van der Waals surface area contributed by atoms with Crippen LogP contribution < -0.4 is 15.4 Å². The van der Waals surface area contributed by atoms with Gasteiger partial charge in [-0.2, -0.15) is 0 Å². The van der Waals surface area contributed by atoms with Gasteiger partial charge in [0, 0.05) is 37.2 Å². The largest absolute Gasteiger partial charge is 0.497 e. The molecule has 5 rings (SSSR count). The molecule has 1 saturated heterocycles. The van der Waals surface area contributed by atoms with Crippen LogP contribution in [0.25, 0.3) is 22.6 Å². The van der Waals surface area contributed by atoms with E-state index in [1.54, 1.807) is 45.5 Å². The highest BCUT2D eigenvalue weighted by atomic mass is 19.1. The SMILES string of the molecule is COCCNC(=O)C1(C)COC(c2nc(-c3ccc(F)cc3)c(-c3ccnc(Nc4cccc(OC)c4)n3)[nH]2)OC1.